The molecule has 0 aromatic carbocycles. The highest BCUT2D eigenvalue weighted by Crippen LogP contribution is 2.37. The number of hydrogen-bond acceptors (Lipinski definition) is 5. The van der Waals surface area contributed by atoms with Gasteiger partial charge in [0.15, 0.2) is 0 Å². The molecule has 1 fully saturated rings. The Bertz CT molecular complexity index is 346. The molecule has 3 atom stereocenters. The van der Waals surface area contributed by atoms with Crippen LogP contribution in [0.1, 0.15) is 20.3 Å². The summed E-state index contributed by atoms with van der Waals surface area (Å²) in [5.41, 5.74) is 0.534. The summed E-state index contributed by atoms with van der Waals surface area (Å²) in [7, 11) is 0. The Labute approximate surface area is 93.4 Å². The Morgan fingerprint density at radius 1 is 1.56 bits per heavy atom. The minimum atomic E-state index is -0.357. The molecule has 0 bridgehead atoms. The third kappa shape index (κ3) is 2.24. The monoisotopic (exact) mass is 226 g/mol. The molecule has 1 heterocycles. The van der Waals surface area contributed by atoms with Crippen molar-refractivity contribution < 1.29 is 23.8 Å². The van der Waals surface area contributed by atoms with Crippen molar-refractivity contribution in [1.29, 1.82) is 0 Å². The van der Waals surface area contributed by atoms with Crippen LogP contribution in [-0.4, -0.2) is 36.9 Å². The molecular formula is C11H14O5. The number of carbonyl (C=O) groups excluding carboxylic acids is 2. The summed E-state index contributed by atoms with van der Waals surface area (Å²) >= 11 is 0. The van der Waals surface area contributed by atoms with Crippen LogP contribution < -0.4 is 0 Å². The van der Waals surface area contributed by atoms with Crippen LogP contribution in [0.15, 0.2) is 11.6 Å². The molecule has 3 unspecified atom stereocenters. The standard InChI is InChI=1S/C11H14O5/c1-3-14-11(13)7-4-8(15-6(2)12)10-9(5-7)16-10/h5,8-10H,3-4H2,1-2H3. The van der Waals surface area contributed by atoms with Crippen molar-refractivity contribution >= 4 is 11.9 Å². The molecule has 2 rings (SSSR count). The van der Waals surface area contributed by atoms with E-state index in [1.807, 2.05) is 0 Å². The quantitative estimate of drug-likeness (QED) is 0.520. The Balaban J connectivity index is 2.01. The van der Waals surface area contributed by atoms with Crippen LogP contribution in [0.5, 0.6) is 0 Å². The molecule has 5 nitrogen and oxygen atoms in total. The Morgan fingerprint density at radius 2 is 2.31 bits per heavy atom. The largest absolute Gasteiger partial charge is 0.463 e. The molecule has 1 aliphatic heterocycles. The van der Waals surface area contributed by atoms with E-state index in [1.165, 1.54) is 6.92 Å². The second-order valence-electron chi connectivity index (χ2n) is 3.83. The summed E-state index contributed by atoms with van der Waals surface area (Å²) < 4.78 is 15.3. The normalized spacial score (nSPS) is 31.1. The number of epoxide rings is 1. The molecule has 0 radical (unpaired) electrons. The smallest absolute Gasteiger partial charge is 0.333 e. The van der Waals surface area contributed by atoms with Gasteiger partial charge in [0.25, 0.3) is 0 Å². The lowest BCUT2D eigenvalue weighted by atomic mass is 9.97. The average molecular weight is 226 g/mol. The fourth-order valence-corrected chi connectivity index (χ4v) is 1.87. The van der Waals surface area contributed by atoms with Gasteiger partial charge >= 0.3 is 11.9 Å². The second kappa shape index (κ2) is 4.25. The zero-order chi connectivity index (χ0) is 11.7. The maximum Gasteiger partial charge on any atom is 0.333 e. The highest BCUT2D eigenvalue weighted by molar-refractivity contribution is 5.89. The summed E-state index contributed by atoms with van der Waals surface area (Å²) in [4.78, 5) is 22.4. The van der Waals surface area contributed by atoms with Gasteiger partial charge in [0.05, 0.1) is 6.61 Å². The van der Waals surface area contributed by atoms with Gasteiger partial charge in [0, 0.05) is 18.9 Å². The van der Waals surface area contributed by atoms with Crippen molar-refractivity contribution in [2.75, 3.05) is 6.61 Å². The van der Waals surface area contributed by atoms with Crippen molar-refractivity contribution in [2.45, 2.75) is 38.6 Å². The van der Waals surface area contributed by atoms with E-state index in [1.54, 1.807) is 13.0 Å². The Morgan fingerprint density at radius 3 is 2.94 bits per heavy atom. The van der Waals surface area contributed by atoms with Crippen LogP contribution in [-0.2, 0) is 23.8 Å². The van der Waals surface area contributed by atoms with Crippen molar-refractivity contribution in [3.05, 3.63) is 11.6 Å². The van der Waals surface area contributed by atoms with Crippen LogP contribution in [0.4, 0.5) is 0 Å². The molecule has 0 saturated carbocycles. The second-order valence-corrected chi connectivity index (χ2v) is 3.83. The van der Waals surface area contributed by atoms with Gasteiger partial charge in [-0.1, -0.05) is 0 Å². The van der Waals surface area contributed by atoms with Crippen LogP contribution in [0.25, 0.3) is 0 Å². The minimum absolute atomic E-state index is 0.0814. The lowest BCUT2D eigenvalue weighted by Gasteiger charge is -2.18. The summed E-state index contributed by atoms with van der Waals surface area (Å²) in [6, 6.07) is 0. The van der Waals surface area contributed by atoms with Crippen LogP contribution in [0.3, 0.4) is 0 Å². The van der Waals surface area contributed by atoms with E-state index in [2.05, 4.69) is 0 Å². The molecule has 0 aromatic heterocycles. The lowest BCUT2D eigenvalue weighted by molar-refractivity contribution is -0.148. The van der Waals surface area contributed by atoms with E-state index in [-0.39, 0.29) is 30.3 Å². The third-order valence-electron chi connectivity index (χ3n) is 2.57. The van der Waals surface area contributed by atoms with Gasteiger partial charge in [0.2, 0.25) is 0 Å². The molecule has 1 saturated heterocycles. The molecular weight excluding hydrogens is 212 g/mol. The maximum absolute atomic E-state index is 11.5. The predicted octanol–water partition coefficient (Wildman–Crippen LogP) is 0.579. The fourth-order valence-electron chi connectivity index (χ4n) is 1.87. The summed E-state index contributed by atoms with van der Waals surface area (Å²) in [5.74, 6) is -0.710. The van der Waals surface area contributed by atoms with Gasteiger partial charge in [-0.3, -0.25) is 4.79 Å². The molecule has 0 N–H and O–H groups in total. The van der Waals surface area contributed by atoms with Gasteiger partial charge < -0.3 is 14.2 Å². The number of esters is 2. The first-order chi connectivity index (χ1) is 7.61. The molecule has 0 aromatic rings. The molecule has 0 amide bonds. The van der Waals surface area contributed by atoms with Gasteiger partial charge in [0.1, 0.15) is 18.3 Å². The van der Waals surface area contributed by atoms with Crippen molar-refractivity contribution in [1.82, 2.24) is 0 Å². The topological polar surface area (TPSA) is 65.1 Å². The van der Waals surface area contributed by atoms with E-state index in [9.17, 15) is 9.59 Å². The Kier molecular flexibility index (Phi) is 2.96. The number of fused-ring (bicyclic) bond motifs is 1. The number of carbonyl (C=O) groups is 2. The van der Waals surface area contributed by atoms with Gasteiger partial charge in [-0.05, 0) is 13.0 Å². The van der Waals surface area contributed by atoms with Crippen molar-refractivity contribution in [3.8, 4) is 0 Å². The average Bonchev–Trinajstić information content (AvgIpc) is 2.96. The molecule has 2 aliphatic rings. The zero-order valence-electron chi connectivity index (χ0n) is 9.26. The lowest BCUT2D eigenvalue weighted by Crippen LogP contribution is -2.29. The predicted molar refractivity (Wildman–Crippen MR) is 53.5 cm³/mol. The number of hydrogen-bond donors (Lipinski definition) is 0. The van der Waals surface area contributed by atoms with Crippen LogP contribution >= 0.6 is 0 Å². The van der Waals surface area contributed by atoms with Crippen LogP contribution in [0, 0.1) is 0 Å². The molecule has 16 heavy (non-hydrogen) atoms. The first-order valence-corrected chi connectivity index (χ1v) is 5.32. The number of rotatable bonds is 3. The van der Waals surface area contributed by atoms with Crippen LogP contribution in [0.2, 0.25) is 0 Å². The minimum Gasteiger partial charge on any atom is -0.463 e. The fraction of sp³-hybridized carbons (Fsp3) is 0.636. The zero-order valence-corrected chi connectivity index (χ0v) is 9.26. The van der Waals surface area contributed by atoms with Crippen molar-refractivity contribution in [3.63, 3.8) is 0 Å². The highest BCUT2D eigenvalue weighted by Gasteiger charge is 2.49. The van der Waals surface area contributed by atoms with E-state index >= 15 is 0 Å². The SMILES string of the molecule is CCOC(=O)C1=CC2OC2C(OC(C)=O)C1. The first kappa shape index (κ1) is 11.1. The summed E-state index contributed by atoms with van der Waals surface area (Å²) in [6.45, 7) is 3.43. The van der Waals surface area contributed by atoms with Gasteiger partial charge in [-0.2, -0.15) is 0 Å². The molecule has 1 aliphatic carbocycles. The first-order valence-electron chi connectivity index (χ1n) is 5.32. The summed E-state index contributed by atoms with van der Waals surface area (Å²) in [5, 5.41) is 0. The number of ether oxygens (including phenoxy) is 3. The van der Waals surface area contributed by atoms with Gasteiger partial charge in [-0.15, -0.1) is 0 Å². The molecule has 88 valence electrons. The van der Waals surface area contributed by atoms with E-state index in [0.717, 1.165) is 0 Å². The Hall–Kier alpha value is -1.36. The highest BCUT2D eigenvalue weighted by atomic mass is 16.6. The van der Waals surface area contributed by atoms with E-state index < -0.39 is 0 Å². The summed E-state index contributed by atoms with van der Waals surface area (Å²) in [6.07, 6.45) is 1.59. The van der Waals surface area contributed by atoms with E-state index in [4.69, 9.17) is 14.2 Å². The molecule has 0 spiro atoms. The molecule has 5 heteroatoms. The van der Waals surface area contributed by atoms with Crippen molar-refractivity contribution in [2.24, 2.45) is 0 Å². The van der Waals surface area contributed by atoms with E-state index in [0.29, 0.717) is 18.6 Å². The van der Waals surface area contributed by atoms with Gasteiger partial charge in [-0.25, -0.2) is 4.79 Å². The maximum atomic E-state index is 11.5. The third-order valence-corrected chi connectivity index (χ3v) is 2.57.